The second kappa shape index (κ2) is 3.79. The maximum atomic E-state index is 13.2. The molecule has 0 N–H and O–H groups in total. The molecular formula is C11H8FNO2S2. The second-order valence-corrected chi connectivity index (χ2v) is 6.07. The van der Waals surface area contributed by atoms with Crippen LogP contribution < -0.4 is 0 Å². The molecule has 0 saturated carbocycles. The number of benzene rings is 1. The molecule has 0 unspecified atom stereocenters. The highest BCUT2D eigenvalue weighted by Crippen LogP contribution is 2.37. The van der Waals surface area contributed by atoms with E-state index in [1.165, 1.54) is 0 Å². The lowest BCUT2D eigenvalue weighted by Crippen LogP contribution is -1.93. The van der Waals surface area contributed by atoms with Gasteiger partial charge in [0, 0.05) is 10.1 Å². The summed E-state index contributed by atoms with van der Waals surface area (Å²) in [5.74, 6) is 0. The Morgan fingerprint density at radius 3 is 2.53 bits per heavy atom. The highest BCUT2D eigenvalue weighted by molar-refractivity contribution is 7.87. The Bertz CT molecular complexity index is 754. The Hall–Kier alpha value is -1.45. The molecule has 1 aromatic heterocycles. The molecule has 2 aromatic rings. The molecule has 0 spiro atoms. The first kappa shape index (κ1) is 12.0. The van der Waals surface area contributed by atoms with Crippen LogP contribution in [-0.4, -0.2) is 8.42 Å². The maximum Gasteiger partial charge on any atom is 0.334 e. The minimum absolute atomic E-state index is 0.101. The topological polar surface area (TPSA) is 57.9 Å². The van der Waals surface area contributed by atoms with E-state index in [4.69, 9.17) is 5.26 Å². The summed E-state index contributed by atoms with van der Waals surface area (Å²) in [6, 6.07) is 5.20. The molecule has 88 valence electrons. The summed E-state index contributed by atoms with van der Waals surface area (Å²) in [5, 5.41) is 9.17. The van der Waals surface area contributed by atoms with E-state index < -0.39 is 15.1 Å². The Kier molecular flexibility index (Phi) is 2.68. The van der Waals surface area contributed by atoms with Crippen molar-refractivity contribution in [2.24, 2.45) is 0 Å². The van der Waals surface area contributed by atoms with Crippen LogP contribution in [0, 0.1) is 25.2 Å². The molecule has 3 nitrogen and oxygen atoms in total. The van der Waals surface area contributed by atoms with Gasteiger partial charge in [-0.1, -0.05) is 11.6 Å². The van der Waals surface area contributed by atoms with Crippen molar-refractivity contribution in [1.82, 2.24) is 0 Å². The minimum Gasteiger partial charge on any atom is -0.191 e. The summed E-state index contributed by atoms with van der Waals surface area (Å²) in [4.78, 5) is -0.594. The fourth-order valence-electron chi connectivity index (χ4n) is 1.84. The van der Waals surface area contributed by atoms with E-state index in [2.05, 4.69) is 0 Å². The van der Waals surface area contributed by atoms with Gasteiger partial charge in [-0.15, -0.1) is 15.2 Å². The van der Waals surface area contributed by atoms with Crippen LogP contribution in [0.2, 0.25) is 0 Å². The fraction of sp³-hybridized carbons (Fsp3) is 0.182. The molecule has 0 bridgehead atoms. The van der Waals surface area contributed by atoms with Crippen molar-refractivity contribution in [3.8, 4) is 6.07 Å². The van der Waals surface area contributed by atoms with Gasteiger partial charge in [0.2, 0.25) is 0 Å². The first-order valence-corrected chi connectivity index (χ1v) is 6.93. The molecule has 1 heterocycles. The summed E-state index contributed by atoms with van der Waals surface area (Å²) in [6.07, 6.45) is 0. The quantitative estimate of drug-likeness (QED) is 0.748. The molecule has 0 radical (unpaired) electrons. The summed E-state index contributed by atoms with van der Waals surface area (Å²) >= 11 is 1.01. The van der Waals surface area contributed by atoms with Crippen LogP contribution in [0.25, 0.3) is 10.1 Å². The molecule has 0 atom stereocenters. The lowest BCUT2D eigenvalue weighted by Gasteiger charge is -1.99. The van der Waals surface area contributed by atoms with Crippen molar-refractivity contribution in [3.63, 3.8) is 0 Å². The first-order chi connectivity index (χ1) is 7.84. The molecule has 0 aliphatic heterocycles. The molecule has 2 rings (SSSR count). The zero-order valence-corrected chi connectivity index (χ0v) is 10.7. The molecule has 0 fully saturated rings. The molecule has 17 heavy (non-hydrogen) atoms. The molecule has 1 aromatic carbocycles. The highest BCUT2D eigenvalue weighted by Gasteiger charge is 2.25. The van der Waals surface area contributed by atoms with E-state index in [-0.39, 0.29) is 4.88 Å². The Balaban J connectivity index is 3.06. The normalized spacial score (nSPS) is 11.6. The third-order valence-electron chi connectivity index (χ3n) is 2.42. The van der Waals surface area contributed by atoms with Crippen molar-refractivity contribution in [1.29, 1.82) is 5.26 Å². The van der Waals surface area contributed by atoms with Crippen LogP contribution >= 0.6 is 11.3 Å². The van der Waals surface area contributed by atoms with Gasteiger partial charge in [-0.25, -0.2) is 0 Å². The monoisotopic (exact) mass is 269 g/mol. The molecule has 0 saturated heterocycles. The number of hydrogen-bond acceptors (Lipinski definition) is 4. The van der Waals surface area contributed by atoms with E-state index in [1.807, 2.05) is 13.0 Å². The molecule has 0 amide bonds. The van der Waals surface area contributed by atoms with Gasteiger partial charge in [0.15, 0.2) is 0 Å². The van der Waals surface area contributed by atoms with Crippen LogP contribution in [0.1, 0.15) is 16.0 Å². The van der Waals surface area contributed by atoms with Gasteiger partial charge < -0.3 is 0 Å². The molecule has 6 heteroatoms. The number of thiophene rings is 1. The van der Waals surface area contributed by atoms with E-state index >= 15 is 0 Å². The molecule has 0 aliphatic carbocycles. The summed E-state index contributed by atoms with van der Waals surface area (Å²) in [5.41, 5.74) is 1.68. The zero-order chi connectivity index (χ0) is 12.8. The number of halogens is 1. The van der Waals surface area contributed by atoms with Crippen molar-refractivity contribution < 1.29 is 12.3 Å². The fourth-order valence-corrected chi connectivity index (χ4v) is 3.97. The zero-order valence-electron chi connectivity index (χ0n) is 9.11. The summed E-state index contributed by atoms with van der Waals surface area (Å²) < 4.78 is 36.1. The highest BCUT2D eigenvalue weighted by atomic mass is 32.3. The predicted molar refractivity (Wildman–Crippen MR) is 64.3 cm³/mol. The average Bonchev–Trinajstić information content (AvgIpc) is 2.55. The predicted octanol–water partition coefficient (Wildman–Crippen LogP) is 3.05. The van der Waals surface area contributed by atoms with Gasteiger partial charge in [-0.3, -0.25) is 0 Å². The third-order valence-corrected chi connectivity index (χ3v) is 4.71. The largest absolute Gasteiger partial charge is 0.334 e. The van der Waals surface area contributed by atoms with Crippen LogP contribution in [0.5, 0.6) is 0 Å². The maximum absolute atomic E-state index is 13.2. The van der Waals surface area contributed by atoms with Gasteiger partial charge in [-0.05, 0) is 25.5 Å². The molecule has 0 aliphatic rings. The number of fused-ring (bicyclic) bond motifs is 1. The van der Waals surface area contributed by atoms with Crippen molar-refractivity contribution in [2.75, 3.05) is 0 Å². The van der Waals surface area contributed by atoms with E-state index in [0.717, 1.165) is 22.5 Å². The lowest BCUT2D eigenvalue weighted by atomic mass is 10.1. The van der Waals surface area contributed by atoms with Crippen LogP contribution in [0.3, 0.4) is 0 Å². The molecular weight excluding hydrogens is 261 g/mol. The SMILES string of the molecule is Cc1cc(C)c2sc(C#N)c(S(=O)(=O)F)c2c1. The van der Waals surface area contributed by atoms with Gasteiger partial charge in [0.25, 0.3) is 0 Å². The first-order valence-electron chi connectivity index (χ1n) is 4.73. The second-order valence-electron chi connectivity index (χ2n) is 3.77. The van der Waals surface area contributed by atoms with Gasteiger partial charge >= 0.3 is 10.2 Å². The van der Waals surface area contributed by atoms with E-state index in [1.54, 1.807) is 19.1 Å². The Morgan fingerprint density at radius 2 is 2.00 bits per heavy atom. The van der Waals surface area contributed by atoms with Crippen molar-refractivity contribution in [3.05, 3.63) is 28.1 Å². The van der Waals surface area contributed by atoms with Crippen LogP contribution in [-0.2, 0) is 10.2 Å². The van der Waals surface area contributed by atoms with Gasteiger partial charge in [0.05, 0.1) is 0 Å². The number of hydrogen-bond donors (Lipinski definition) is 0. The number of aryl methyl sites for hydroxylation is 2. The third kappa shape index (κ3) is 1.92. The summed E-state index contributed by atoms with van der Waals surface area (Å²) in [7, 11) is -4.87. The Labute approximate surface area is 102 Å². The standard InChI is InChI=1S/C11H8FNO2S2/c1-6-3-7(2)10-8(4-6)11(17(12,14)15)9(5-13)16-10/h3-4H,1-2H3. The van der Waals surface area contributed by atoms with Crippen molar-refractivity contribution >= 4 is 31.6 Å². The van der Waals surface area contributed by atoms with E-state index in [9.17, 15) is 12.3 Å². The van der Waals surface area contributed by atoms with Crippen LogP contribution in [0.15, 0.2) is 17.0 Å². The number of nitriles is 1. The van der Waals surface area contributed by atoms with Gasteiger partial charge in [0.1, 0.15) is 15.8 Å². The van der Waals surface area contributed by atoms with Crippen LogP contribution in [0.4, 0.5) is 3.89 Å². The minimum atomic E-state index is -4.87. The van der Waals surface area contributed by atoms with Crippen molar-refractivity contribution in [2.45, 2.75) is 18.7 Å². The van der Waals surface area contributed by atoms with Gasteiger partial charge in [-0.2, -0.15) is 13.7 Å². The number of nitrogens with zero attached hydrogens (tertiary/aromatic N) is 1. The van der Waals surface area contributed by atoms with E-state index in [0.29, 0.717) is 10.1 Å². The lowest BCUT2D eigenvalue weighted by molar-refractivity contribution is 0.553. The average molecular weight is 269 g/mol. The Morgan fingerprint density at radius 1 is 1.35 bits per heavy atom. The number of rotatable bonds is 1. The smallest absolute Gasteiger partial charge is 0.191 e. The summed E-state index contributed by atoms with van der Waals surface area (Å²) in [6.45, 7) is 3.60.